The maximum absolute atomic E-state index is 5.85. The van der Waals surface area contributed by atoms with E-state index in [2.05, 4.69) is 0 Å². The van der Waals surface area contributed by atoms with Crippen LogP contribution >= 0.6 is 11.6 Å². The van der Waals surface area contributed by atoms with Gasteiger partial charge in [0.05, 0.1) is 6.61 Å². The van der Waals surface area contributed by atoms with Gasteiger partial charge in [-0.25, -0.2) is 0 Å². The summed E-state index contributed by atoms with van der Waals surface area (Å²) >= 11 is 5.85. The molecule has 2 N–H and O–H groups in total. The fraction of sp³-hybridized carbons (Fsp3) is 0.400. The molecule has 0 bridgehead atoms. The summed E-state index contributed by atoms with van der Waals surface area (Å²) in [6, 6.07) is 5.44. The lowest BCUT2D eigenvalue weighted by atomic mass is 10.1. The van der Waals surface area contributed by atoms with E-state index in [0.717, 1.165) is 11.3 Å². The third-order valence-corrected chi connectivity index (χ3v) is 2.00. The van der Waals surface area contributed by atoms with Gasteiger partial charge in [-0.05, 0) is 32.0 Å². The van der Waals surface area contributed by atoms with Crippen LogP contribution < -0.4 is 10.5 Å². The van der Waals surface area contributed by atoms with Crippen molar-refractivity contribution < 1.29 is 4.74 Å². The van der Waals surface area contributed by atoms with Crippen LogP contribution in [-0.2, 0) is 0 Å². The first-order valence-electron chi connectivity index (χ1n) is 4.33. The van der Waals surface area contributed by atoms with Gasteiger partial charge in [0, 0.05) is 16.6 Å². The second-order valence-electron chi connectivity index (χ2n) is 2.90. The monoisotopic (exact) mass is 199 g/mol. The SMILES string of the molecule is CCOc1ccc(Cl)cc1[C@@H](C)N. The van der Waals surface area contributed by atoms with Gasteiger partial charge < -0.3 is 10.5 Å². The summed E-state index contributed by atoms with van der Waals surface area (Å²) in [5.74, 6) is 0.821. The molecule has 0 unspecified atom stereocenters. The van der Waals surface area contributed by atoms with Crippen molar-refractivity contribution in [3.63, 3.8) is 0 Å². The van der Waals surface area contributed by atoms with Gasteiger partial charge in [0.25, 0.3) is 0 Å². The third-order valence-electron chi connectivity index (χ3n) is 1.76. The van der Waals surface area contributed by atoms with E-state index in [4.69, 9.17) is 22.1 Å². The first-order chi connectivity index (χ1) is 6.15. The first kappa shape index (κ1) is 10.4. The molecule has 1 aromatic carbocycles. The second kappa shape index (κ2) is 4.49. The number of hydrogen-bond donors (Lipinski definition) is 1. The highest BCUT2D eigenvalue weighted by atomic mass is 35.5. The van der Waals surface area contributed by atoms with E-state index in [1.165, 1.54) is 0 Å². The van der Waals surface area contributed by atoms with Gasteiger partial charge in [-0.2, -0.15) is 0 Å². The van der Waals surface area contributed by atoms with E-state index >= 15 is 0 Å². The Balaban J connectivity index is 3.03. The Hall–Kier alpha value is -0.730. The number of benzene rings is 1. The Labute approximate surface area is 83.6 Å². The zero-order valence-electron chi connectivity index (χ0n) is 7.88. The maximum atomic E-state index is 5.85. The van der Waals surface area contributed by atoms with E-state index in [0.29, 0.717) is 11.6 Å². The Morgan fingerprint density at radius 3 is 2.77 bits per heavy atom. The van der Waals surface area contributed by atoms with Crippen molar-refractivity contribution in [2.45, 2.75) is 19.9 Å². The Bertz CT molecular complexity index is 286. The molecule has 0 aromatic heterocycles. The highest BCUT2D eigenvalue weighted by molar-refractivity contribution is 6.30. The van der Waals surface area contributed by atoms with Gasteiger partial charge in [0.2, 0.25) is 0 Å². The molecular weight excluding hydrogens is 186 g/mol. The van der Waals surface area contributed by atoms with Crippen molar-refractivity contribution in [1.82, 2.24) is 0 Å². The second-order valence-corrected chi connectivity index (χ2v) is 3.34. The highest BCUT2D eigenvalue weighted by Crippen LogP contribution is 2.26. The normalized spacial score (nSPS) is 12.6. The van der Waals surface area contributed by atoms with Crippen LogP contribution in [0.2, 0.25) is 5.02 Å². The largest absolute Gasteiger partial charge is 0.494 e. The predicted molar refractivity (Wildman–Crippen MR) is 55.2 cm³/mol. The van der Waals surface area contributed by atoms with Crippen molar-refractivity contribution in [2.24, 2.45) is 5.73 Å². The lowest BCUT2D eigenvalue weighted by Crippen LogP contribution is -2.07. The van der Waals surface area contributed by atoms with Gasteiger partial charge in [-0.15, -0.1) is 0 Å². The van der Waals surface area contributed by atoms with E-state index < -0.39 is 0 Å². The summed E-state index contributed by atoms with van der Waals surface area (Å²) < 4.78 is 5.41. The van der Waals surface area contributed by atoms with Crippen LogP contribution in [0, 0.1) is 0 Å². The molecule has 0 spiro atoms. The quantitative estimate of drug-likeness (QED) is 0.813. The fourth-order valence-electron chi connectivity index (χ4n) is 1.16. The fourth-order valence-corrected chi connectivity index (χ4v) is 1.34. The highest BCUT2D eigenvalue weighted by Gasteiger charge is 2.07. The summed E-state index contributed by atoms with van der Waals surface area (Å²) in [6.07, 6.45) is 0. The molecule has 1 aromatic rings. The molecule has 0 saturated heterocycles. The van der Waals surface area contributed by atoms with Crippen LogP contribution in [0.5, 0.6) is 5.75 Å². The van der Waals surface area contributed by atoms with Crippen LogP contribution in [0.4, 0.5) is 0 Å². The molecule has 1 rings (SSSR count). The topological polar surface area (TPSA) is 35.2 Å². The van der Waals surface area contributed by atoms with Crippen LogP contribution in [0.3, 0.4) is 0 Å². The predicted octanol–water partition coefficient (Wildman–Crippen LogP) is 2.76. The number of rotatable bonds is 3. The average molecular weight is 200 g/mol. The number of ether oxygens (including phenoxy) is 1. The summed E-state index contributed by atoms with van der Waals surface area (Å²) in [4.78, 5) is 0. The van der Waals surface area contributed by atoms with Crippen molar-refractivity contribution in [3.8, 4) is 5.75 Å². The molecule has 0 aliphatic rings. The maximum Gasteiger partial charge on any atom is 0.124 e. The lowest BCUT2D eigenvalue weighted by molar-refractivity contribution is 0.335. The number of nitrogens with two attached hydrogens (primary N) is 1. The number of halogens is 1. The Morgan fingerprint density at radius 1 is 1.54 bits per heavy atom. The van der Waals surface area contributed by atoms with Gasteiger partial charge >= 0.3 is 0 Å². The van der Waals surface area contributed by atoms with Crippen LogP contribution in [0.1, 0.15) is 25.5 Å². The summed E-state index contributed by atoms with van der Waals surface area (Å²) in [7, 11) is 0. The smallest absolute Gasteiger partial charge is 0.124 e. The summed E-state index contributed by atoms with van der Waals surface area (Å²) in [5.41, 5.74) is 6.73. The first-order valence-corrected chi connectivity index (χ1v) is 4.70. The van der Waals surface area contributed by atoms with Crippen molar-refractivity contribution in [3.05, 3.63) is 28.8 Å². The Morgan fingerprint density at radius 2 is 2.23 bits per heavy atom. The third kappa shape index (κ3) is 2.61. The molecule has 0 aliphatic carbocycles. The van der Waals surface area contributed by atoms with Gasteiger partial charge in [0.1, 0.15) is 5.75 Å². The van der Waals surface area contributed by atoms with Gasteiger partial charge in [-0.1, -0.05) is 11.6 Å². The standard InChI is InChI=1S/C10H14ClNO/c1-3-13-10-5-4-8(11)6-9(10)7(2)12/h4-7H,3,12H2,1-2H3/t7-/m1/s1. The molecule has 0 fully saturated rings. The molecule has 1 atom stereocenters. The molecule has 13 heavy (non-hydrogen) atoms. The van der Waals surface area contributed by atoms with E-state index in [1.807, 2.05) is 26.0 Å². The Kier molecular flexibility index (Phi) is 3.58. The zero-order chi connectivity index (χ0) is 9.84. The van der Waals surface area contributed by atoms with Crippen LogP contribution in [0.25, 0.3) is 0 Å². The molecule has 3 heteroatoms. The molecule has 2 nitrogen and oxygen atoms in total. The molecule has 0 amide bonds. The van der Waals surface area contributed by atoms with E-state index in [9.17, 15) is 0 Å². The molecule has 0 heterocycles. The summed E-state index contributed by atoms with van der Waals surface area (Å²) in [6.45, 7) is 4.50. The average Bonchev–Trinajstić information content (AvgIpc) is 2.08. The van der Waals surface area contributed by atoms with Gasteiger partial charge in [-0.3, -0.25) is 0 Å². The van der Waals surface area contributed by atoms with E-state index in [-0.39, 0.29) is 6.04 Å². The van der Waals surface area contributed by atoms with Crippen molar-refractivity contribution in [1.29, 1.82) is 0 Å². The molecule has 0 saturated carbocycles. The minimum absolute atomic E-state index is 0.0553. The van der Waals surface area contributed by atoms with Crippen molar-refractivity contribution in [2.75, 3.05) is 6.61 Å². The van der Waals surface area contributed by atoms with Gasteiger partial charge in [0.15, 0.2) is 0 Å². The number of hydrogen-bond acceptors (Lipinski definition) is 2. The molecule has 0 radical (unpaired) electrons. The molecule has 0 aliphatic heterocycles. The minimum atomic E-state index is -0.0553. The van der Waals surface area contributed by atoms with Crippen molar-refractivity contribution >= 4 is 11.6 Å². The molecule has 72 valence electrons. The summed E-state index contributed by atoms with van der Waals surface area (Å²) in [5, 5.41) is 0.691. The minimum Gasteiger partial charge on any atom is -0.494 e. The van der Waals surface area contributed by atoms with E-state index in [1.54, 1.807) is 6.07 Å². The molecular formula is C10H14ClNO. The zero-order valence-corrected chi connectivity index (χ0v) is 8.64. The van der Waals surface area contributed by atoms with Crippen LogP contribution in [0.15, 0.2) is 18.2 Å². The lowest BCUT2D eigenvalue weighted by Gasteiger charge is -2.12. The van der Waals surface area contributed by atoms with Crippen LogP contribution in [-0.4, -0.2) is 6.61 Å².